The van der Waals surface area contributed by atoms with Gasteiger partial charge in [0.25, 0.3) is 0 Å². The standard InChI is InChI=1S/C21H35NO3/c1-3-4-5-6-9-12-16-21(22)17-15-19(23)18(21)13-10-7-8-11-14-20(24)25-2/h13,15,17H,3-12,14,16,22H2,1-2H3/t21-/m1/s1. The van der Waals surface area contributed by atoms with Gasteiger partial charge in [-0.3, -0.25) is 9.59 Å². The second-order valence-corrected chi connectivity index (χ2v) is 7.05. The Hall–Kier alpha value is -1.42. The molecule has 0 aliphatic heterocycles. The highest BCUT2D eigenvalue weighted by atomic mass is 16.5. The Labute approximate surface area is 152 Å². The van der Waals surface area contributed by atoms with Gasteiger partial charge in [0, 0.05) is 12.0 Å². The molecule has 0 saturated carbocycles. The van der Waals surface area contributed by atoms with Crippen LogP contribution in [0, 0.1) is 0 Å². The Morgan fingerprint density at radius 1 is 1.12 bits per heavy atom. The molecule has 0 bridgehead atoms. The Morgan fingerprint density at radius 3 is 2.52 bits per heavy atom. The van der Waals surface area contributed by atoms with E-state index in [1.165, 1.54) is 39.2 Å². The molecule has 142 valence electrons. The van der Waals surface area contributed by atoms with Crippen LogP contribution in [-0.4, -0.2) is 24.4 Å². The molecule has 1 atom stereocenters. The van der Waals surface area contributed by atoms with E-state index in [4.69, 9.17) is 5.73 Å². The van der Waals surface area contributed by atoms with Crippen LogP contribution < -0.4 is 5.73 Å². The average Bonchev–Trinajstić information content (AvgIpc) is 2.89. The maximum absolute atomic E-state index is 12.1. The van der Waals surface area contributed by atoms with E-state index in [0.717, 1.165) is 44.1 Å². The van der Waals surface area contributed by atoms with Crippen LogP contribution in [0.3, 0.4) is 0 Å². The quantitative estimate of drug-likeness (QED) is 0.299. The first-order valence-electron chi connectivity index (χ1n) is 9.83. The molecule has 1 aliphatic carbocycles. The summed E-state index contributed by atoms with van der Waals surface area (Å²) in [7, 11) is 1.41. The first-order valence-corrected chi connectivity index (χ1v) is 9.83. The van der Waals surface area contributed by atoms with Gasteiger partial charge in [-0.1, -0.05) is 64.0 Å². The van der Waals surface area contributed by atoms with Crippen molar-refractivity contribution in [1.29, 1.82) is 0 Å². The van der Waals surface area contributed by atoms with E-state index in [0.29, 0.717) is 6.42 Å². The largest absolute Gasteiger partial charge is 0.469 e. The molecule has 0 amide bonds. The number of carbonyl (C=O) groups excluding carboxylic acids is 2. The zero-order valence-electron chi connectivity index (χ0n) is 16.0. The summed E-state index contributed by atoms with van der Waals surface area (Å²) in [4.78, 5) is 23.2. The van der Waals surface area contributed by atoms with Crippen LogP contribution in [0.4, 0.5) is 0 Å². The van der Waals surface area contributed by atoms with Gasteiger partial charge >= 0.3 is 5.97 Å². The summed E-state index contributed by atoms with van der Waals surface area (Å²) in [5.74, 6) is -0.100. The van der Waals surface area contributed by atoms with Gasteiger partial charge in [-0.25, -0.2) is 0 Å². The maximum Gasteiger partial charge on any atom is 0.305 e. The van der Waals surface area contributed by atoms with E-state index in [1.807, 2.05) is 12.2 Å². The van der Waals surface area contributed by atoms with E-state index in [9.17, 15) is 9.59 Å². The predicted octanol–water partition coefficient (Wildman–Crippen LogP) is 4.62. The van der Waals surface area contributed by atoms with Crippen LogP contribution in [0.5, 0.6) is 0 Å². The number of ketones is 1. The highest BCUT2D eigenvalue weighted by Crippen LogP contribution is 2.30. The minimum atomic E-state index is -0.576. The smallest absolute Gasteiger partial charge is 0.305 e. The molecule has 0 unspecified atom stereocenters. The first-order chi connectivity index (χ1) is 12.0. The summed E-state index contributed by atoms with van der Waals surface area (Å²) in [6.45, 7) is 2.22. The van der Waals surface area contributed by atoms with Crippen molar-refractivity contribution in [1.82, 2.24) is 0 Å². The highest BCUT2D eigenvalue weighted by Gasteiger charge is 2.34. The molecule has 0 fully saturated rings. The third-order valence-corrected chi connectivity index (χ3v) is 4.90. The van der Waals surface area contributed by atoms with Gasteiger partial charge in [0.2, 0.25) is 0 Å². The summed E-state index contributed by atoms with van der Waals surface area (Å²) >= 11 is 0. The number of methoxy groups -OCH3 is 1. The normalized spacial score (nSPS) is 21.2. The fourth-order valence-electron chi connectivity index (χ4n) is 3.28. The molecule has 25 heavy (non-hydrogen) atoms. The number of ether oxygens (including phenoxy) is 1. The molecule has 0 heterocycles. The van der Waals surface area contributed by atoms with Gasteiger partial charge in [0.15, 0.2) is 5.78 Å². The van der Waals surface area contributed by atoms with Crippen molar-refractivity contribution in [3.8, 4) is 0 Å². The minimum Gasteiger partial charge on any atom is -0.469 e. The minimum absolute atomic E-state index is 0.0584. The third kappa shape index (κ3) is 8.00. The van der Waals surface area contributed by atoms with Crippen LogP contribution in [0.2, 0.25) is 0 Å². The molecule has 1 aliphatic rings. The van der Waals surface area contributed by atoms with Crippen LogP contribution >= 0.6 is 0 Å². The monoisotopic (exact) mass is 349 g/mol. The van der Waals surface area contributed by atoms with Gasteiger partial charge in [-0.15, -0.1) is 0 Å². The summed E-state index contributed by atoms with van der Waals surface area (Å²) in [5.41, 5.74) is 6.68. The van der Waals surface area contributed by atoms with Gasteiger partial charge < -0.3 is 10.5 Å². The average molecular weight is 350 g/mol. The van der Waals surface area contributed by atoms with E-state index in [1.54, 1.807) is 6.08 Å². The maximum atomic E-state index is 12.1. The summed E-state index contributed by atoms with van der Waals surface area (Å²) in [5, 5.41) is 0. The van der Waals surface area contributed by atoms with Crippen LogP contribution in [0.25, 0.3) is 0 Å². The fourth-order valence-corrected chi connectivity index (χ4v) is 3.28. The molecule has 0 spiro atoms. The van der Waals surface area contributed by atoms with Crippen LogP contribution in [0.15, 0.2) is 23.8 Å². The molecule has 4 heteroatoms. The Bertz CT molecular complexity index is 482. The van der Waals surface area contributed by atoms with E-state index >= 15 is 0 Å². The van der Waals surface area contributed by atoms with Crippen molar-refractivity contribution in [2.75, 3.05) is 7.11 Å². The molecule has 4 nitrogen and oxygen atoms in total. The zero-order chi connectivity index (χ0) is 18.5. The molecule has 0 saturated heterocycles. The lowest BCUT2D eigenvalue weighted by Crippen LogP contribution is -2.38. The lowest BCUT2D eigenvalue weighted by atomic mass is 9.87. The van der Waals surface area contributed by atoms with Crippen molar-refractivity contribution in [2.24, 2.45) is 5.73 Å². The van der Waals surface area contributed by atoms with Crippen LogP contribution in [-0.2, 0) is 14.3 Å². The first kappa shape index (κ1) is 21.6. The molecular formula is C21H35NO3. The Balaban J connectivity index is 2.34. The SMILES string of the molecule is CCCCCCCC[C@@]1(N)C=CC(=O)C1=CCCCCCC(=O)OC. The predicted molar refractivity (Wildman–Crippen MR) is 102 cm³/mol. The number of rotatable bonds is 13. The van der Waals surface area contributed by atoms with Gasteiger partial charge in [-0.05, 0) is 31.8 Å². The molecule has 0 aromatic heterocycles. The lowest BCUT2D eigenvalue weighted by molar-refractivity contribution is -0.140. The Morgan fingerprint density at radius 2 is 1.80 bits per heavy atom. The topological polar surface area (TPSA) is 69.4 Å². The van der Waals surface area contributed by atoms with Crippen molar-refractivity contribution in [2.45, 2.75) is 89.5 Å². The zero-order valence-corrected chi connectivity index (χ0v) is 16.0. The number of unbranched alkanes of at least 4 members (excludes halogenated alkanes) is 8. The van der Waals surface area contributed by atoms with Crippen molar-refractivity contribution < 1.29 is 14.3 Å². The second-order valence-electron chi connectivity index (χ2n) is 7.05. The molecule has 0 radical (unpaired) electrons. The highest BCUT2D eigenvalue weighted by molar-refractivity contribution is 6.09. The van der Waals surface area contributed by atoms with E-state index in [2.05, 4.69) is 11.7 Å². The van der Waals surface area contributed by atoms with Gasteiger partial charge in [0.05, 0.1) is 12.6 Å². The molecule has 0 aromatic carbocycles. The number of nitrogens with two attached hydrogens (primary N) is 1. The third-order valence-electron chi connectivity index (χ3n) is 4.90. The van der Waals surface area contributed by atoms with Crippen molar-refractivity contribution in [3.63, 3.8) is 0 Å². The fraction of sp³-hybridized carbons (Fsp3) is 0.714. The second kappa shape index (κ2) is 12.0. The van der Waals surface area contributed by atoms with E-state index < -0.39 is 5.54 Å². The van der Waals surface area contributed by atoms with Crippen molar-refractivity contribution in [3.05, 3.63) is 23.8 Å². The molecule has 0 aromatic rings. The Kier molecular flexibility index (Phi) is 10.4. The summed E-state index contributed by atoms with van der Waals surface area (Å²) in [6, 6.07) is 0. The number of carbonyl (C=O) groups is 2. The lowest BCUT2D eigenvalue weighted by Gasteiger charge is -2.24. The molecular weight excluding hydrogens is 314 g/mol. The summed E-state index contributed by atoms with van der Waals surface area (Å²) < 4.78 is 4.63. The van der Waals surface area contributed by atoms with Gasteiger partial charge in [0.1, 0.15) is 0 Å². The summed E-state index contributed by atoms with van der Waals surface area (Å²) in [6.07, 6.45) is 17.7. The van der Waals surface area contributed by atoms with E-state index in [-0.39, 0.29) is 11.8 Å². The van der Waals surface area contributed by atoms with Crippen molar-refractivity contribution >= 4 is 11.8 Å². The van der Waals surface area contributed by atoms with Gasteiger partial charge in [-0.2, -0.15) is 0 Å². The number of hydrogen-bond acceptors (Lipinski definition) is 4. The molecule has 1 rings (SSSR count). The number of allylic oxidation sites excluding steroid dienone is 2. The number of esters is 1. The number of hydrogen-bond donors (Lipinski definition) is 1. The molecule has 2 N–H and O–H groups in total. The van der Waals surface area contributed by atoms with Crippen LogP contribution in [0.1, 0.15) is 84.0 Å².